The van der Waals surface area contributed by atoms with Crippen LogP contribution in [0.15, 0.2) is 17.1 Å². The Bertz CT molecular complexity index is 728. The van der Waals surface area contributed by atoms with Gasteiger partial charge in [0.2, 0.25) is 12.0 Å². The van der Waals surface area contributed by atoms with E-state index in [1.807, 2.05) is 4.90 Å². The Morgan fingerprint density at radius 2 is 1.68 bits per heavy atom. The number of hydrogen-bond donors (Lipinski definition) is 0. The van der Waals surface area contributed by atoms with Gasteiger partial charge in [0.05, 0.1) is 18.1 Å². The Labute approximate surface area is 146 Å². The quantitative estimate of drug-likeness (QED) is 0.348. The number of benzene rings is 1. The van der Waals surface area contributed by atoms with Gasteiger partial charge in [-0.15, -0.1) is 0 Å². The van der Waals surface area contributed by atoms with E-state index in [1.165, 1.54) is 50.7 Å². The predicted molar refractivity (Wildman–Crippen MR) is 94.1 cm³/mol. The number of morpholine rings is 1. The first-order valence-corrected chi connectivity index (χ1v) is 8.95. The molecule has 8 nitrogen and oxygen atoms in total. The Hall–Kier alpha value is -2.22. The lowest BCUT2D eigenvalue weighted by molar-refractivity contribution is -0.384. The molecule has 0 radical (unpaired) electrons. The van der Waals surface area contributed by atoms with Crippen molar-refractivity contribution in [1.29, 1.82) is 0 Å². The second-order valence-corrected chi connectivity index (χ2v) is 6.46. The number of nitrogens with zero attached hydrogens (tertiary/aromatic N) is 4. The van der Waals surface area contributed by atoms with Gasteiger partial charge in [-0.3, -0.25) is 10.1 Å². The van der Waals surface area contributed by atoms with Crippen LogP contribution in [0.3, 0.4) is 0 Å². The van der Waals surface area contributed by atoms with E-state index in [9.17, 15) is 15.3 Å². The van der Waals surface area contributed by atoms with Gasteiger partial charge in [0.1, 0.15) is 5.69 Å². The number of nitro benzene ring substituents is 1. The lowest BCUT2D eigenvalue weighted by Gasteiger charge is -2.27. The van der Waals surface area contributed by atoms with Crippen LogP contribution in [0.1, 0.15) is 38.5 Å². The minimum atomic E-state index is -0.436. The molecule has 8 heteroatoms. The summed E-state index contributed by atoms with van der Waals surface area (Å²) in [5.41, 5.74) is 0.420. The SMILES string of the molecule is C1CCCCC1.O=[N+]([O-])c1ccc2c(c1N1CCOCC1)=NC[N+]=2[O-]. The molecular formula is C17H24N4O4. The first kappa shape index (κ1) is 17.6. The number of hydrogen-bond acceptors (Lipinski definition) is 6. The van der Waals surface area contributed by atoms with Crippen molar-refractivity contribution in [3.8, 4) is 0 Å². The molecule has 0 N–H and O–H groups in total. The van der Waals surface area contributed by atoms with Crippen LogP contribution in [0.5, 0.6) is 0 Å². The summed E-state index contributed by atoms with van der Waals surface area (Å²) in [5, 5.41) is 23.6. The van der Waals surface area contributed by atoms with E-state index in [4.69, 9.17) is 4.74 Å². The van der Waals surface area contributed by atoms with Gasteiger partial charge in [-0.2, -0.15) is 4.74 Å². The molecule has 4 rings (SSSR count). The van der Waals surface area contributed by atoms with Gasteiger partial charge in [0.15, 0.2) is 5.36 Å². The highest BCUT2D eigenvalue weighted by Crippen LogP contribution is 2.23. The molecular weight excluding hydrogens is 324 g/mol. The van der Waals surface area contributed by atoms with E-state index >= 15 is 0 Å². The molecule has 1 aromatic carbocycles. The average Bonchev–Trinajstić information content (AvgIpc) is 3.05. The molecule has 0 spiro atoms. The summed E-state index contributed by atoms with van der Waals surface area (Å²) in [6.45, 7) is 2.15. The van der Waals surface area contributed by atoms with Gasteiger partial charge in [-0.1, -0.05) is 38.5 Å². The molecule has 1 saturated heterocycles. The van der Waals surface area contributed by atoms with Crippen LogP contribution in [-0.2, 0) is 4.74 Å². The number of ether oxygens (including phenoxy) is 1. The van der Waals surface area contributed by atoms with Crippen molar-refractivity contribution in [2.45, 2.75) is 38.5 Å². The Kier molecular flexibility index (Phi) is 5.80. The Morgan fingerprint density at radius 1 is 1.08 bits per heavy atom. The maximum absolute atomic E-state index is 11.6. The van der Waals surface area contributed by atoms with Crippen LogP contribution >= 0.6 is 0 Å². The van der Waals surface area contributed by atoms with Crippen molar-refractivity contribution in [1.82, 2.24) is 4.74 Å². The highest BCUT2D eigenvalue weighted by atomic mass is 16.6. The van der Waals surface area contributed by atoms with E-state index in [1.54, 1.807) is 0 Å². The van der Waals surface area contributed by atoms with Crippen molar-refractivity contribution in [3.05, 3.63) is 38.2 Å². The van der Waals surface area contributed by atoms with Crippen LogP contribution in [-0.4, -0.2) is 37.9 Å². The Balaban J connectivity index is 0.000000258. The molecule has 0 atom stereocenters. The van der Waals surface area contributed by atoms with Crippen molar-refractivity contribution in [2.24, 2.45) is 4.99 Å². The largest absolute Gasteiger partial charge is 0.622 e. The van der Waals surface area contributed by atoms with E-state index in [2.05, 4.69) is 4.99 Å². The summed E-state index contributed by atoms with van der Waals surface area (Å²) in [5.74, 6) is 0. The zero-order valence-electron chi connectivity index (χ0n) is 14.4. The van der Waals surface area contributed by atoms with Gasteiger partial charge in [0.25, 0.3) is 5.69 Å². The summed E-state index contributed by atoms with van der Waals surface area (Å²) >= 11 is 0. The van der Waals surface area contributed by atoms with Crippen molar-refractivity contribution >= 4 is 11.4 Å². The third kappa shape index (κ3) is 4.07. The summed E-state index contributed by atoms with van der Waals surface area (Å²) in [6, 6.07) is 2.83. The second kappa shape index (κ2) is 8.24. The van der Waals surface area contributed by atoms with Crippen molar-refractivity contribution in [3.63, 3.8) is 0 Å². The number of rotatable bonds is 2. The smallest absolute Gasteiger partial charge is 0.295 e. The van der Waals surface area contributed by atoms with Crippen molar-refractivity contribution < 1.29 is 9.66 Å². The third-order valence-corrected chi connectivity index (χ3v) is 4.76. The number of anilines is 1. The number of hydroxylamine groups is 1. The minimum Gasteiger partial charge on any atom is -0.622 e. The first-order valence-electron chi connectivity index (χ1n) is 8.95. The first-order chi connectivity index (χ1) is 12.2. The molecule has 136 valence electrons. The Morgan fingerprint density at radius 3 is 2.24 bits per heavy atom. The standard InChI is InChI=1S/C11H12N4O4.C6H12/c16-14-7-12-10-8(14)1-2-9(15(17)18)11(10)13-3-5-19-6-4-13;1-2-4-6-5-3-1/h1-2H,3-7H2;1-6H2. The fraction of sp³-hybridized carbons (Fsp3) is 0.647. The monoisotopic (exact) mass is 348 g/mol. The molecule has 1 aliphatic carbocycles. The zero-order chi connectivity index (χ0) is 17.6. The maximum Gasteiger partial charge on any atom is 0.295 e. The molecule has 3 aliphatic rings. The molecule has 0 aromatic heterocycles. The topological polar surface area (TPSA) is 94.0 Å². The van der Waals surface area contributed by atoms with Gasteiger partial charge in [0, 0.05) is 25.2 Å². The van der Waals surface area contributed by atoms with Crippen LogP contribution in [0, 0.1) is 15.3 Å². The predicted octanol–water partition coefficient (Wildman–Crippen LogP) is 1.35. The normalized spacial score (nSPS) is 19.5. The van der Waals surface area contributed by atoms with Crippen LogP contribution < -0.4 is 20.4 Å². The molecule has 2 heterocycles. The second-order valence-electron chi connectivity index (χ2n) is 6.46. The number of fused-ring (bicyclic) bond motifs is 1. The van der Waals surface area contributed by atoms with Gasteiger partial charge < -0.3 is 14.8 Å². The van der Waals surface area contributed by atoms with Crippen molar-refractivity contribution in [2.75, 3.05) is 37.9 Å². The molecule has 25 heavy (non-hydrogen) atoms. The van der Waals surface area contributed by atoms with E-state index in [-0.39, 0.29) is 12.4 Å². The average molecular weight is 348 g/mol. The highest BCUT2D eigenvalue weighted by Gasteiger charge is 2.27. The summed E-state index contributed by atoms with van der Waals surface area (Å²) in [6.07, 6.45) is 9.00. The summed E-state index contributed by atoms with van der Waals surface area (Å²) in [4.78, 5) is 16.7. The van der Waals surface area contributed by atoms with E-state index in [0.717, 1.165) is 4.74 Å². The fourth-order valence-corrected chi connectivity index (χ4v) is 3.43. The lowest BCUT2D eigenvalue weighted by atomic mass is 10.0. The van der Waals surface area contributed by atoms with Crippen LogP contribution in [0.25, 0.3) is 0 Å². The van der Waals surface area contributed by atoms with E-state index < -0.39 is 4.92 Å². The van der Waals surface area contributed by atoms with Crippen LogP contribution in [0.2, 0.25) is 0 Å². The van der Waals surface area contributed by atoms with Crippen LogP contribution in [0.4, 0.5) is 11.4 Å². The minimum absolute atomic E-state index is 0.00611. The fourth-order valence-electron chi connectivity index (χ4n) is 3.43. The molecule has 2 fully saturated rings. The number of nitro groups is 1. The molecule has 1 aromatic rings. The van der Waals surface area contributed by atoms with E-state index in [0.29, 0.717) is 42.7 Å². The molecule has 2 aliphatic heterocycles. The highest BCUT2D eigenvalue weighted by molar-refractivity contribution is 5.63. The lowest BCUT2D eigenvalue weighted by Crippen LogP contribution is -2.43. The summed E-state index contributed by atoms with van der Waals surface area (Å²) in [7, 11) is 0. The third-order valence-electron chi connectivity index (χ3n) is 4.76. The molecule has 0 bridgehead atoms. The molecule has 0 unspecified atom stereocenters. The van der Waals surface area contributed by atoms with Gasteiger partial charge in [-0.05, 0) is 0 Å². The van der Waals surface area contributed by atoms with Gasteiger partial charge in [-0.25, -0.2) is 4.99 Å². The van der Waals surface area contributed by atoms with Gasteiger partial charge >= 0.3 is 0 Å². The maximum atomic E-state index is 11.6. The molecule has 0 amide bonds. The summed E-state index contributed by atoms with van der Waals surface area (Å²) < 4.78 is 5.99. The molecule has 1 saturated carbocycles. The zero-order valence-corrected chi connectivity index (χ0v) is 14.4.